The van der Waals surface area contributed by atoms with Crippen molar-refractivity contribution in [2.75, 3.05) is 5.32 Å². The molecule has 0 unspecified atom stereocenters. The number of hydrogen-bond donors (Lipinski definition) is 2. The van der Waals surface area contributed by atoms with Crippen LogP contribution in [0.15, 0.2) is 36.0 Å². The minimum Gasteiger partial charge on any atom is -0.478 e. The van der Waals surface area contributed by atoms with Crippen LogP contribution >= 0.6 is 0 Å². The minimum atomic E-state index is -5.04. The van der Waals surface area contributed by atoms with Crippen molar-refractivity contribution in [3.63, 3.8) is 0 Å². The number of alkyl halides is 6. The van der Waals surface area contributed by atoms with Gasteiger partial charge in [-0.25, -0.2) is 4.79 Å². The fraction of sp³-hybridized carbons (Fsp3) is 0.182. The third-order valence-electron chi connectivity index (χ3n) is 2.04. The Hall–Kier alpha value is -2.19. The smallest absolute Gasteiger partial charge is 0.431 e. The molecule has 1 aromatic carbocycles. The number of carboxylic acids is 1. The van der Waals surface area contributed by atoms with Gasteiger partial charge in [0.2, 0.25) is 0 Å². The number of aliphatic carboxylic acids is 1. The van der Waals surface area contributed by atoms with Gasteiger partial charge in [0.05, 0.1) is 11.6 Å². The van der Waals surface area contributed by atoms with Gasteiger partial charge in [0.25, 0.3) is 0 Å². The summed E-state index contributed by atoms with van der Waals surface area (Å²) in [6, 6.07) is 2.98. The molecule has 0 heterocycles. The molecule has 1 aromatic rings. The fourth-order valence-electron chi connectivity index (χ4n) is 1.24. The van der Waals surface area contributed by atoms with Gasteiger partial charge in [-0.2, -0.15) is 26.3 Å². The number of halogens is 6. The molecule has 9 heteroatoms. The molecule has 0 saturated carbocycles. The summed E-state index contributed by atoms with van der Waals surface area (Å²) in [7, 11) is 0. The zero-order chi connectivity index (χ0) is 15.6. The van der Waals surface area contributed by atoms with E-state index in [0.29, 0.717) is 12.1 Å². The molecule has 0 amide bonds. The van der Waals surface area contributed by atoms with Crippen molar-refractivity contribution < 1.29 is 36.2 Å². The van der Waals surface area contributed by atoms with Gasteiger partial charge in [-0.1, -0.05) is 6.07 Å². The van der Waals surface area contributed by atoms with Crippen molar-refractivity contribution in [3.05, 3.63) is 41.6 Å². The fourth-order valence-corrected chi connectivity index (χ4v) is 1.24. The van der Waals surface area contributed by atoms with Crippen LogP contribution in [-0.2, 0) is 11.0 Å². The van der Waals surface area contributed by atoms with Crippen LogP contribution in [-0.4, -0.2) is 17.3 Å². The summed E-state index contributed by atoms with van der Waals surface area (Å²) < 4.78 is 74.6. The average molecular weight is 299 g/mol. The van der Waals surface area contributed by atoms with E-state index >= 15 is 0 Å². The number of hydrogen-bond acceptors (Lipinski definition) is 2. The zero-order valence-corrected chi connectivity index (χ0v) is 9.51. The van der Waals surface area contributed by atoms with Crippen molar-refractivity contribution >= 4 is 11.7 Å². The van der Waals surface area contributed by atoms with Crippen LogP contribution in [0, 0.1) is 0 Å². The molecule has 2 N–H and O–H groups in total. The van der Waals surface area contributed by atoms with Crippen LogP contribution in [0.3, 0.4) is 0 Å². The molecule has 1 rings (SSSR count). The van der Waals surface area contributed by atoms with Crippen molar-refractivity contribution in [1.29, 1.82) is 0 Å². The van der Waals surface area contributed by atoms with Crippen LogP contribution in [0.5, 0.6) is 0 Å². The number of carboxylic acid groups (broad SMARTS) is 1. The largest absolute Gasteiger partial charge is 0.478 e. The summed E-state index contributed by atoms with van der Waals surface area (Å²) in [6.45, 7) is 0. The van der Waals surface area contributed by atoms with E-state index in [-0.39, 0.29) is 6.08 Å². The lowest BCUT2D eigenvalue weighted by Gasteiger charge is -2.15. The van der Waals surface area contributed by atoms with Gasteiger partial charge in [0, 0.05) is 5.69 Å². The monoisotopic (exact) mass is 299 g/mol. The predicted molar refractivity (Wildman–Crippen MR) is 56.8 cm³/mol. The van der Waals surface area contributed by atoms with E-state index < -0.39 is 35.3 Å². The maximum atomic E-state index is 12.5. The SMILES string of the molecule is O=C(O)C=C(Nc1cccc(C(F)(F)F)c1)C(F)(F)F. The van der Waals surface area contributed by atoms with Gasteiger partial charge >= 0.3 is 18.3 Å². The van der Waals surface area contributed by atoms with Crippen molar-refractivity contribution in [3.8, 4) is 0 Å². The number of rotatable bonds is 3. The van der Waals surface area contributed by atoms with Crippen LogP contribution in [0.2, 0.25) is 0 Å². The molecule has 0 bridgehead atoms. The second-order valence-corrected chi connectivity index (χ2v) is 3.60. The number of nitrogens with one attached hydrogen (secondary N) is 1. The Morgan fingerprint density at radius 3 is 2.20 bits per heavy atom. The van der Waals surface area contributed by atoms with Gasteiger partial charge in [-0.3, -0.25) is 0 Å². The van der Waals surface area contributed by atoms with E-state index in [0.717, 1.165) is 12.1 Å². The number of carbonyl (C=O) groups is 1. The van der Waals surface area contributed by atoms with E-state index in [2.05, 4.69) is 0 Å². The Morgan fingerprint density at radius 1 is 1.15 bits per heavy atom. The molecule has 3 nitrogen and oxygen atoms in total. The van der Waals surface area contributed by atoms with Gasteiger partial charge in [-0.05, 0) is 18.2 Å². The second kappa shape index (κ2) is 5.43. The standard InChI is InChI=1S/C11H7F6NO2/c12-10(13,14)6-2-1-3-7(4-6)18-8(5-9(19)20)11(15,16)17/h1-5,18H,(H,19,20). The number of anilines is 1. The van der Waals surface area contributed by atoms with E-state index in [4.69, 9.17) is 5.11 Å². The lowest BCUT2D eigenvalue weighted by atomic mass is 10.2. The first-order valence-electron chi connectivity index (χ1n) is 4.96. The first-order valence-corrected chi connectivity index (χ1v) is 4.96. The van der Waals surface area contributed by atoms with Gasteiger partial charge in [-0.15, -0.1) is 0 Å². The Labute approximate surface area is 108 Å². The van der Waals surface area contributed by atoms with Gasteiger partial charge < -0.3 is 10.4 Å². The first kappa shape index (κ1) is 15.9. The van der Waals surface area contributed by atoms with Gasteiger partial charge in [0.1, 0.15) is 5.70 Å². The Kier molecular flexibility index (Phi) is 4.31. The van der Waals surface area contributed by atoms with E-state index in [9.17, 15) is 31.1 Å². The van der Waals surface area contributed by atoms with Crippen molar-refractivity contribution in [1.82, 2.24) is 0 Å². The highest BCUT2D eigenvalue weighted by Crippen LogP contribution is 2.32. The molecule has 110 valence electrons. The Bertz CT molecular complexity index is 532. The predicted octanol–water partition coefficient (Wildman–Crippen LogP) is 3.65. The zero-order valence-electron chi connectivity index (χ0n) is 9.51. The van der Waals surface area contributed by atoms with E-state index in [1.165, 1.54) is 0 Å². The quantitative estimate of drug-likeness (QED) is 0.661. The molecule has 0 fully saturated rings. The minimum absolute atomic E-state index is 0.166. The summed E-state index contributed by atoms with van der Waals surface area (Å²) in [6.07, 6.45) is -9.92. The summed E-state index contributed by atoms with van der Waals surface area (Å²) in [5, 5.41) is 9.93. The molecule has 0 aliphatic heterocycles. The second-order valence-electron chi connectivity index (χ2n) is 3.60. The molecule has 0 atom stereocenters. The third kappa shape index (κ3) is 4.48. The lowest BCUT2D eigenvalue weighted by Crippen LogP contribution is -2.20. The van der Waals surface area contributed by atoms with Crippen LogP contribution in [0.4, 0.5) is 32.0 Å². The first-order chi connectivity index (χ1) is 9.00. The third-order valence-corrected chi connectivity index (χ3v) is 2.04. The van der Waals surface area contributed by atoms with Crippen LogP contribution in [0.25, 0.3) is 0 Å². The number of benzene rings is 1. The van der Waals surface area contributed by atoms with E-state index in [1.807, 2.05) is 0 Å². The molecule has 0 aliphatic rings. The molecular formula is C11H7F6NO2. The maximum absolute atomic E-state index is 12.5. The lowest BCUT2D eigenvalue weighted by molar-refractivity contribution is -0.137. The summed E-state index contributed by atoms with van der Waals surface area (Å²) >= 11 is 0. The highest BCUT2D eigenvalue weighted by atomic mass is 19.4. The van der Waals surface area contributed by atoms with Crippen molar-refractivity contribution in [2.24, 2.45) is 0 Å². The highest BCUT2D eigenvalue weighted by molar-refractivity contribution is 5.81. The number of allylic oxidation sites excluding steroid dienone is 1. The summed E-state index contributed by atoms with van der Waals surface area (Å²) in [5.74, 6) is -1.88. The Morgan fingerprint density at radius 2 is 1.75 bits per heavy atom. The molecular weight excluding hydrogens is 292 g/mol. The van der Waals surface area contributed by atoms with Gasteiger partial charge in [0.15, 0.2) is 0 Å². The topological polar surface area (TPSA) is 49.3 Å². The van der Waals surface area contributed by atoms with Crippen molar-refractivity contribution in [2.45, 2.75) is 12.4 Å². The molecule has 0 aliphatic carbocycles. The molecule has 20 heavy (non-hydrogen) atoms. The average Bonchev–Trinajstić information content (AvgIpc) is 2.25. The highest BCUT2D eigenvalue weighted by Gasteiger charge is 2.35. The molecule has 0 radical (unpaired) electrons. The summed E-state index contributed by atoms with van der Waals surface area (Å²) in [5.41, 5.74) is -3.35. The molecule has 0 aromatic heterocycles. The van der Waals surface area contributed by atoms with Crippen LogP contribution < -0.4 is 5.32 Å². The summed E-state index contributed by atoms with van der Waals surface area (Å²) in [4.78, 5) is 10.3. The molecule has 0 saturated heterocycles. The normalized spacial score (nSPS) is 13.2. The maximum Gasteiger partial charge on any atom is 0.431 e. The Balaban J connectivity index is 3.10. The van der Waals surface area contributed by atoms with E-state index in [1.54, 1.807) is 5.32 Å². The molecule has 0 spiro atoms. The van der Waals surface area contributed by atoms with Crippen LogP contribution in [0.1, 0.15) is 5.56 Å².